The molecule has 0 radical (unpaired) electrons. The van der Waals surface area contributed by atoms with Crippen LogP contribution in [0.3, 0.4) is 0 Å². The molecule has 0 spiro atoms. The molecule has 1 heterocycles. The van der Waals surface area contributed by atoms with Gasteiger partial charge in [-0.2, -0.15) is 0 Å². The molecule has 0 aliphatic rings. The molecule has 0 bridgehead atoms. The predicted octanol–water partition coefficient (Wildman–Crippen LogP) is 3.99. The first-order chi connectivity index (χ1) is 12.4. The fraction of sp³-hybridized carbons (Fsp3) is 0.368. The van der Waals surface area contributed by atoms with Crippen molar-refractivity contribution in [1.82, 2.24) is 0 Å². The Balaban J connectivity index is 2.03. The highest BCUT2D eigenvalue weighted by molar-refractivity contribution is 7.12. The number of thiophene rings is 1. The van der Waals surface area contributed by atoms with Gasteiger partial charge in [0.25, 0.3) is 0 Å². The lowest BCUT2D eigenvalue weighted by atomic mass is 10.1. The maximum Gasteiger partial charge on any atom is 0.224 e. The van der Waals surface area contributed by atoms with Gasteiger partial charge < -0.3 is 19.5 Å². The topological polar surface area (TPSA) is 73.9 Å². The molecule has 140 valence electrons. The number of hydrogen-bond donors (Lipinski definition) is 1. The first kappa shape index (κ1) is 19.8. The van der Waals surface area contributed by atoms with Crippen molar-refractivity contribution in [3.05, 3.63) is 33.5 Å². The van der Waals surface area contributed by atoms with Gasteiger partial charge in [0.15, 0.2) is 17.3 Å². The van der Waals surface area contributed by atoms with Crippen molar-refractivity contribution in [1.29, 1.82) is 0 Å². The molecule has 26 heavy (non-hydrogen) atoms. The zero-order valence-corrected chi connectivity index (χ0v) is 16.4. The number of amides is 1. The van der Waals surface area contributed by atoms with Gasteiger partial charge in [0.05, 0.1) is 21.3 Å². The Labute approximate surface area is 157 Å². The quantitative estimate of drug-likeness (QED) is 0.704. The van der Waals surface area contributed by atoms with Crippen LogP contribution in [0.2, 0.25) is 0 Å². The zero-order valence-electron chi connectivity index (χ0n) is 15.6. The number of ether oxygens (including phenoxy) is 3. The summed E-state index contributed by atoms with van der Waals surface area (Å²) in [5, 5.41) is 2.77. The maximum absolute atomic E-state index is 12.3. The minimum Gasteiger partial charge on any atom is -0.493 e. The second kappa shape index (κ2) is 8.71. The molecule has 1 amide bonds. The van der Waals surface area contributed by atoms with E-state index in [9.17, 15) is 9.59 Å². The van der Waals surface area contributed by atoms with E-state index in [4.69, 9.17) is 14.2 Å². The second-order valence-electron chi connectivity index (χ2n) is 5.71. The van der Waals surface area contributed by atoms with Crippen LogP contribution < -0.4 is 19.5 Å². The van der Waals surface area contributed by atoms with Crippen molar-refractivity contribution in [2.75, 3.05) is 26.6 Å². The number of methoxy groups -OCH3 is 3. The minimum atomic E-state index is -0.253. The molecule has 0 aliphatic carbocycles. The van der Waals surface area contributed by atoms with E-state index in [0.29, 0.717) is 28.5 Å². The van der Waals surface area contributed by atoms with Crippen LogP contribution in [0.15, 0.2) is 18.2 Å². The monoisotopic (exact) mass is 377 g/mol. The van der Waals surface area contributed by atoms with Crippen LogP contribution in [0.1, 0.15) is 33.0 Å². The first-order valence-corrected chi connectivity index (χ1v) is 8.91. The average Bonchev–Trinajstić information content (AvgIpc) is 2.96. The molecule has 0 atom stereocenters. The van der Waals surface area contributed by atoms with E-state index >= 15 is 0 Å². The van der Waals surface area contributed by atoms with Crippen molar-refractivity contribution in [3.8, 4) is 17.2 Å². The van der Waals surface area contributed by atoms with E-state index in [-0.39, 0.29) is 24.5 Å². The van der Waals surface area contributed by atoms with E-state index in [1.165, 1.54) is 21.3 Å². The Kier molecular flexibility index (Phi) is 6.63. The molecular weight excluding hydrogens is 354 g/mol. The standard InChI is InChI=1S/C19H23NO5S/c1-11-8-14(12(2)26-11)15(21)6-7-18(22)20-13-9-16(23-3)19(25-5)17(10-13)24-4/h8-10H,6-7H2,1-5H3,(H,20,22). The van der Waals surface area contributed by atoms with Crippen LogP contribution in [0, 0.1) is 13.8 Å². The number of Topliss-reactive ketones (excluding diaryl/α,β-unsaturated/α-hetero) is 1. The van der Waals surface area contributed by atoms with Crippen LogP contribution in [-0.2, 0) is 4.79 Å². The van der Waals surface area contributed by atoms with Crippen molar-refractivity contribution < 1.29 is 23.8 Å². The summed E-state index contributed by atoms with van der Waals surface area (Å²) in [4.78, 5) is 26.6. The van der Waals surface area contributed by atoms with E-state index in [2.05, 4.69) is 5.32 Å². The van der Waals surface area contributed by atoms with Gasteiger partial charge in [-0.25, -0.2) is 0 Å². The number of rotatable bonds is 8. The largest absolute Gasteiger partial charge is 0.493 e. The summed E-state index contributed by atoms with van der Waals surface area (Å²) in [5.74, 6) is 1.07. The number of hydrogen-bond acceptors (Lipinski definition) is 6. The SMILES string of the molecule is COc1cc(NC(=O)CCC(=O)c2cc(C)sc2C)cc(OC)c1OC. The lowest BCUT2D eigenvalue weighted by Crippen LogP contribution is -2.14. The van der Waals surface area contributed by atoms with Crippen LogP contribution in [-0.4, -0.2) is 33.0 Å². The highest BCUT2D eigenvalue weighted by Gasteiger charge is 2.16. The summed E-state index contributed by atoms with van der Waals surface area (Å²) in [6, 6.07) is 5.17. The number of ketones is 1. The van der Waals surface area contributed by atoms with E-state index in [0.717, 1.165) is 9.75 Å². The molecule has 0 unspecified atom stereocenters. The Morgan fingerprint density at radius 2 is 1.58 bits per heavy atom. The van der Waals surface area contributed by atoms with E-state index in [1.54, 1.807) is 23.5 Å². The molecule has 0 saturated carbocycles. The molecular formula is C19H23NO5S. The van der Waals surface area contributed by atoms with Crippen molar-refractivity contribution in [2.45, 2.75) is 26.7 Å². The van der Waals surface area contributed by atoms with Gasteiger partial charge in [-0.05, 0) is 19.9 Å². The van der Waals surface area contributed by atoms with Gasteiger partial charge in [0.1, 0.15) is 0 Å². The van der Waals surface area contributed by atoms with E-state index in [1.807, 2.05) is 19.9 Å². The molecule has 2 rings (SSSR count). The van der Waals surface area contributed by atoms with Gasteiger partial charge in [-0.15, -0.1) is 11.3 Å². The van der Waals surface area contributed by atoms with Gasteiger partial charge in [-0.3, -0.25) is 9.59 Å². The Hall–Kier alpha value is -2.54. The normalized spacial score (nSPS) is 10.3. The molecule has 1 aromatic carbocycles. The minimum absolute atomic E-state index is 0.0214. The van der Waals surface area contributed by atoms with Gasteiger partial charge in [0, 0.05) is 46.0 Å². The fourth-order valence-electron chi connectivity index (χ4n) is 2.65. The van der Waals surface area contributed by atoms with Crippen LogP contribution in [0.25, 0.3) is 0 Å². The number of aryl methyl sites for hydroxylation is 2. The number of carbonyl (C=O) groups excluding carboxylic acids is 2. The van der Waals surface area contributed by atoms with Gasteiger partial charge in [-0.1, -0.05) is 0 Å². The lowest BCUT2D eigenvalue weighted by Gasteiger charge is -2.14. The summed E-state index contributed by atoms with van der Waals surface area (Å²) < 4.78 is 15.8. The predicted molar refractivity (Wildman–Crippen MR) is 102 cm³/mol. The molecule has 1 N–H and O–H groups in total. The lowest BCUT2D eigenvalue weighted by molar-refractivity contribution is -0.116. The molecule has 0 saturated heterocycles. The third-order valence-corrected chi connectivity index (χ3v) is 4.83. The third kappa shape index (κ3) is 4.54. The Morgan fingerprint density at radius 3 is 2.04 bits per heavy atom. The number of anilines is 1. The van der Waals surface area contributed by atoms with Crippen LogP contribution >= 0.6 is 11.3 Å². The van der Waals surface area contributed by atoms with Crippen molar-refractivity contribution in [2.24, 2.45) is 0 Å². The molecule has 1 aromatic heterocycles. The zero-order chi connectivity index (χ0) is 19.3. The van der Waals surface area contributed by atoms with Gasteiger partial charge >= 0.3 is 0 Å². The first-order valence-electron chi connectivity index (χ1n) is 8.09. The van der Waals surface area contributed by atoms with Gasteiger partial charge in [0.2, 0.25) is 11.7 Å². The summed E-state index contributed by atoms with van der Waals surface area (Å²) in [7, 11) is 4.53. The van der Waals surface area contributed by atoms with E-state index < -0.39 is 0 Å². The molecule has 0 aliphatic heterocycles. The summed E-state index contributed by atoms with van der Waals surface area (Å²) in [6.45, 7) is 3.88. The Bertz CT molecular complexity index is 787. The summed E-state index contributed by atoms with van der Waals surface area (Å²) in [6.07, 6.45) is 0.261. The Morgan fingerprint density at radius 1 is 0.962 bits per heavy atom. The third-order valence-electron chi connectivity index (χ3n) is 3.87. The summed E-state index contributed by atoms with van der Waals surface area (Å²) in [5.41, 5.74) is 1.22. The molecule has 6 nitrogen and oxygen atoms in total. The molecule has 0 fully saturated rings. The maximum atomic E-state index is 12.3. The van der Waals surface area contributed by atoms with Crippen molar-refractivity contribution in [3.63, 3.8) is 0 Å². The van der Waals surface area contributed by atoms with Crippen molar-refractivity contribution >= 4 is 28.7 Å². The molecule has 7 heteroatoms. The average molecular weight is 377 g/mol. The number of carbonyl (C=O) groups is 2. The van der Waals surface area contributed by atoms with Crippen LogP contribution in [0.4, 0.5) is 5.69 Å². The second-order valence-corrected chi connectivity index (χ2v) is 7.17. The highest BCUT2D eigenvalue weighted by atomic mass is 32.1. The fourth-order valence-corrected chi connectivity index (χ4v) is 3.59. The smallest absolute Gasteiger partial charge is 0.224 e. The molecule has 2 aromatic rings. The number of benzene rings is 1. The highest BCUT2D eigenvalue weighted by Crippen LogP contribution is 2.39. The van der Waals surface area contributed by atoms with Crippen LogP contribution in [0.5, 0.6) is 17.2 Å². The number of nitrogens with one attached hydrogen (secondary N) is 1. The summed E-state index contributed by atoms with van der Waals surface area (Å²) >= 11 is 1.59.